The first kappa shape index (κ1) is 22.9. The molecule has 30 heavy (non-hydrogen) atoms. The van der Waals surface area contributed by atoms with Crippen molar-refractivity contribution in [3.63, 3.8) is 0 Å². The van der Waals surface area contributed by atoms with Crippen molar-refractivity contribution in [2.75, 3.05) is 19.6 Å². The molecule has 0 fully saturated rings. The van der Waals surface area contributed by atoms with Gasteiger partial charge in [-0.15, -0.1) is 0 Å². The molecule has 3 aromatic rings. The molecule has 0 aliphatic rings. The monoisotopic (exact) mass is 517 g/mol. The highest BCUT2D eigenvalue weighted by Crippen LogP contribution is 2.20. The Labute approximate surface area is 193 Å². The summed E-state index contributed by atoms with van der Waals surface area (Å²) in [6.07, 6.45) is 5.84. The van der Waals surface area contributed by atoms with Crippen LogP contribution >= 0.6 is 22.6 Å². The molecule has 0 spiro atoms. The molecule has 0 radical (unpaired) electrons. The Kier molecular flexibility index (Phi) is 8.88. The van der Waals surface area contributed by atoms with Crippen molar-refractivity contribution < 1.29 is 0 Å². The minimum Gasteiger partial charge on any atom is -0.303 e. The molecule has 1 heterocycles. The van der Waals surface area contributed by atoms with Crippen molar-refractivity contribution in [1.29, 1.82) is 0 Å². The maximum Gasteiger partial charge on any atom is 0.261 e. The van der Waals surface area contributed by atoms with Crippen molar-refractivity contribution in [2.45, 2.75) is 52.5 Å². The SMILES string of the molecule is CCCCN(CCCC)CCCn1c(-c2ccccc2)nc2ccc(I)cc2c1=O. The lowest BCUT2D eigenvalue weighted by atomic mass is 10.1. The Balaban J connectivity index is 1.89. The van der Waals surface area contributed by atoms with Gasteiger partial charge >= 0.3 is 0 Å². The lowest BCUT2D eigenvalue weighted by molar-refractivity contribution is 0.257. The molecule has 0 amide bonds. The highest BCUT2D eigenvalue weighted by molar-refractivity contribution is 14.1. The van der Waals surface area contributed by atoms with Crippen LogP contribution in [0.5, 0.6) is 0 Å². The normalized spacial score (nSPS) is 11.5. The standard InChI is InChI=1S/C25H32IN3O/c1-3-5-15-28(16-6-4-2)17-10-18-29-24(20-11-8-7-9-12-20)27-23-14-13-21(26)19-22(23)25(29)30/h7-9,11-14,19H,3-6,10,15-18H2,1-2H3. The zero-order valence-corrected chi connectivity index (χ0v) is 20.3. The quantitative estimate of drug-likeness (QED) is 0.295. The van der Waals surface area contributed by atoms with E-state index < -0.39 is 0 Å². The summed E-state index contributed by atoms with van der Waals surface area (Å²) < 4.78 is 2.94. The van der Waals surface area contributed by atoms with Crippen LogP contribution in [0.1, 0.15) is 46.0 Å². The van der Waals surface area contributed by atoms with E-state index in [1.54, 1.807) is 0 Å². The van der Waals surface area contributed by atoms with Crippen molar-refractivity contribution in [3.05, 3.63) is 62.5 Å². The number of hydrogen-bond acceptors (Lipinski definition) is 3. The fourth-order valence-electron chi connectivity index (χ4n) is 3.76. The summed E-state index contributed by atoms with van der Waals surface area (Å²) in [5.41, 5.74) is 1.82. The van der Waals surface area contributed by atoms with Gasteiger partial charge < -0.3 is 4.90 Å². The first-order valence-corrected chi connectivity index (χ1v) is 12.2. The number of fused-ring (bicyclic) bond motifs is 1. The number of nitrogens with zero attached hydrogens (tertiary/aromatic N) is 3. The third-order valence-corrected chi connectivity index (χ3v) is 6.13. The molecule has 0 saturated carbocycles. The molecule has 4 nitrogen and oxygen atoms in total. The summed E-state index contributed by atoms with van der Waals surface area (Å²) >= 11 is 2.26. The van der Waals surface area contributed by atoms with Crippen LogP contribution in [0.3, 0.4) is 0 Å². The second-order valence-corrected chi connectivity index (χ2v) is 9.07. The minimum atomic E-state index is 0.0611. The van der Waals surface area contributed by atoms with Gasteiger partial charge in [0.2, 0.25) is 0 Å². The second-order valence-electron chi connectivity index (χ2n) is 7.82. The van der Waals surface area contributed by atoms with Crippen LogP contribution < -0.4 is 5.56 Å². The van der Waals surface area contributed by atoms with Gasteiger partial charge in [-0.2, -0.15) is 0 Å². The summed E-state index contributed by atoms with van der Waals surface area (Å²) in [4.78, 5) is 20.8. The molecule has 0 atom stereocenters. The Morgan fingerprint density at radius 1 is 0.933 bits per heavy atom. The Bertz CT molecular complexity index is 992. The summed E-state index contributed by atoms with van der Waals surface area (Å²) in [6, 6.07) is 16.0. The summed E-state index contributed by atoms with van der Waals surface area (Å²) in [5, 5.41) is 0.704. The van der Waals surface area contributed by atoms with Gasteiger partial charge in [0.1, 0.15) is 5.82 Å². The molecule has 3 rings (SSSR count). The third-order valence-electron chi connectivity index (χ3n) is 5.46. The van der Waals surface area contributed by atoms with Gasteiger partial charge in [-0.1, -0.05) is 57.0 Å². The molecule has 0 unspecified atom stereocenters. The second kappa shape index (κ2) is 11.6. The van der Waals surface area contributed by atoms with E-state index in [-0.39, 0.29) is 5.56 Å². The van der Waals surface area contributed by atoms with Gasteiger partial charge in [0.05, 0.1) is 10.9 Å². The van der Waals surface area contributed by atoms with E-state index in [2.05, 4.69) is 41.3 Å². The Morgan fingerprint density at radius 3 is 2.27 bits per heavy atom. The van der Waals surface area contributed by atoms with Crippen LogP contribution in [0, 0.1) is 3.57 Å². The van der Waals surface area contributed by atoms with Gasteiger partial charge in [0.25, 0.3) is 5.56 Å². The molecular formula is C25H32IN3O. The molecule has 0 aliphatic carbocycles. The predicted octanol–water partition coefficient (Wildman–Crippen LogP) is 5.96. The fraction of sp³-hybridized carbons (Fsp3) is 0.440. The van der Waals surface area contributed by atoms with Crippen molar-refractivity contribution >= 4 is 33.5 Å². The average Bonchev–Trinajstić information content (AvgIpc) is 2.77. The molecular weight excluding hydrogens is 485 g/mol. The highest BCUT2D eigenvalue weighted by Gasteiger charge is 2.14. The summed E-state index contributed by atoms with van der Waals surface area (Å²) in [7, 11) is 0. The Hall–Kier alpha value is -1.73. The van der Waals surface area contributed by atoms with Crippen molar-refractivity contribution in [3.8, 4) is 11.4 Å². The number of hydrogen-bond donors (Lipinski definition) is 0. The van der Waals surface area contributed by atoms with E-state index in [0.717, 1.165) is 46.5 Å². The van der Waals surface area contributed by atoms with Crippen LogP contribution in [0.15, 0.2) is 53.3 Å². The largest absolute Gasteiger partial charge is 0.303 e. The van der Waals surface area contributed by atoms with Crippen molar-refractivity contribution in [1.82, 2.24) is 14.5 Å². The average molecular weight is 517 g/mol. The summed E-state index contributed by atoms with van der Waals surface area (Å²) in [6.45, 7) is 8.48. The first-order valence-electron chi connectivity index (χ1n) is 11.1. The van der Waals surface area contributed by atoms with E-state index in [1.807, 2.05) is 53.1 Å². The molecule has 1 aromatic heterocycles. The lowest BCUT2D eigenvalue weighted by Gasteiger charge is -2.22. The fourth-order valence-corrected chi connectivity index (χ4v) is 4.25. The number of benzene rings is 2. The molecule has 2 aromatic carbocycles. The van der Waals surface area contributed by atoms with Crippen LogP contribution in [0.25, 0.3) is 22.3 Å². The third kappa shape index (κ3) is 5.91. The number of rotatable bonds is 11. The van der Waals surface area contributed by atoms with E-state index >= 15 is 0 Å². The van der Waals surface area contributed by atoms with Gasteiger partial charge in [-0.3, -0.25) is 9.36 Å². The first-order chi connectivity index (χ1) is 14.6. The van der Waals surface area contributed by atoms with Crippen LogP contribution in [-0.4, -0.2) is 34.1 Å². The molecule has 0 aliphatic heterocycles. The zero-order valence-electron chi connectivity index (χ0n) is 18.1. The topological polar surface area (TPSA) is 38.1 Å². The van der Waals surface area contributed by atoms with E-state index in [1.165, 1.54) is 25.7 Å². The molecule has 0 N–H and O–H groups in total. The number of unbranched alkanes of at least 4 members (excludes halogenated alkanes) is 2. The van der Waals surface area contributed by atoms with E-state index in [4.69, 9.17) is 4.98 Å². The highest BCUT2D eigenvalue weighted by atomic mass is 127. The van der Waals surface area contributed by atoms with Crippen LogP contribution in [0.2, 0.25) is 0 Å². The predicted molar refractivity (Wildman–Crippen MR) is 135 cm³/mol. The zero-order chi connectivity index (χ0) is 21.3. The van der Waals surface area contributed by atoms with Crippen molar-refractivity contribution in [2.24, 2.45) is 0 Å². The van der Waals surface area contributed by atoms with Gasteiger partial charge in [0, 0.05) is 15.7 Å². The maximum absolute atomic E-state index is 13.4. The van der Waals surface area contributed by atoms with Gasteiger partial charge in [-0.25, -0.2) is 4.98 Å². The number of halogens is 1. The molecule has 5 heteroatoms. The summed E-state index contributed by atoms with van der Waals surface area (Å²) in [5.74, 6) is 0.767. The van der Waals surface area contributed by atoms with Crippen LogP contribution in [-0.2, 0) is 6.54 Å². The van der Waals surface area contributed by atoms with Gasteiger partial charge in [0.15, 0.2) is 0 Å². The minimum absolute atomic E-state index is 0.0611. The van der Waals surface area contributed by atoms with Crippen LogP contribution in [0.4, 0.5) is 0 Å². The Morgan fingerprint density at radius 2 is 1.60 bits per heavy atom. The number of aromatic nitrogens is 2. The molecule has 0 saturated heterocycles. The van der Waals surface area contributed by atoms with E-state index in [9.17, 15) is 4.79 Å². The molecule has 0 bridgehead atoms. The smallest absolute Gasteiger partial charge is 0.261 e. The van der Waals surface area contributed by atoms with Gasteiger partial charge in [-0.05, 0) is 79.7 Å². The lowest BCUT2D eigenvalue weighted by Crippen LogP contribution is -2.30. The molecule has 160 valence electrons. The maximum atomic E-state index is 13.4. The van der Waals surface area contributed by atoms with E-state index in [0.29, 0.717) is 11.9 Å².